The first kappa shape index (κ1) is 15.5. The van der Waals surface area contributed by atoms with Crippen molar-refractivity contribution < 1.29 is 14.3 Å². The summed E-state index contributed by atoms with van der Waals surface area (Å²) in [6, 6.07) is 13.6. The zero-order valence-corrected chi connectivity index (χ0v) is 12.7. The summed E-state index contributed by atoms with van der Waals surface area (Å²) in [5, 5.41) is 4.92. The molecule has 2 rings (SSSR count). The van der Waals surface area contributed by atoms with Crippen LogP contribution in [-0.4, -0.2) is 38.9 Å². The summed E-state index contributed by atoms with van der Waals surface area (Å²) in [4.78, 5) is 12.4. The zero-order valence-electron chi connectivity index (χ0n) is 12.7. The van der Waals surface area contributed by atoms with E-state index in [4.69, 9.17) is 9.47 Å². The van der Waals surface area contributed by atoms with Gasteiger partial charge in [-0.2, -0.15) is 0 Å². The molecular weight excluding hydrogens is 266 g/mol. The Balaban J connectivity index is 2.16. The molecule has 0 spiro atoms. The number of hydrogen-bond donors (Lipinski definition) is 1. The van der Waals surface area contributed by atoms with E-state index in [2.05, 4.69) is 5.32 Å². The van der Waals surface area contributed by atoms with Crippen molar-refractivity contribution >= 4 is 16.7 Å². The fourth-order valence-corrected chi connectivity index (χ4v) is 2.27. The van der Waals surface area contributed by atoms with Crippen LogP contribution in [0.3, 0.4) is 0 Å². The lowest BCUT2D eigenvalue weighted by Gasteiger charge is -2.27. The lowest BCUT2D eigenvalue weighted by atomic mass is 10.0. The van der Waals surface area contributed by atoms with Gasteiger partial charge in [0.05, 0.1) is 6.61 Å². The van der Waals surface area contributed by atoms with Gasteiger partial charge < -0.3 is 14.8 Å². The molecule has 2 aromatic rings. The number of methoxy groups -OCH3 is 2. The molecule has 1 atom stereocenters. The van der Waals surface area contributed by atoms with Crippen LogP contribution in [0, 0.1) is 0 Å². The average molecular weight is 287 g/mol. The molecule has 2 aromatic carbocycles. The lowest BCUT2D eigenvalue weighted by molar-refractivity contribution is -0.0479. The van der Waals surface area contributed by atoms with Crippen molar-refractivity contribution in [3.05, 3.63) is 48.0 Å². The molecule has 0 saturated heterocycles. The Labute approximate surface area is 125 Å². The standard InChI is InChI=1S/C17H21NO3/c1-17(21-3,12-20-2)11-18-16(19)15-10-6-8-13-7-4-5-9-14(13)15/h4-10H,11-12H2,1-3H3,(H,18,19)/t17-/m0/s1. The molecule has 0 saturated carbocycles. The Morgan fingerprint density at radius 2 is 1.86 bits per heavy atom. The first-order chi connectivity index (χ1) is 10.1. The van der Waals surface area contributed by atoms with Gasteiger partial charge in [-0.15, -0.1) is 0 Å². The van der Waals surface area contributed by atoms with Crippen molar-refractivity contribution in [2.24, 2.45) is 0 Å². The number of benzene rings is 2. The molecule has 1 amide bonds. The molecule has 112 valence electrons. The highest BCUT2D eigenvalue weighted by Gasteiger charge is 2.24. The molecule has 0 radical (unpaired) electrons. The molecular formula is C17H21NO3. The SMILES string of the molecule is COC[C@](C)(CNC(=O)c1cccc2ccccc12)OC. The maximum atomic E-state index is 12.4. The highest BCUT2D eigenvalue weighted by molar-refractivity contribution is 6.07. The third-order valence-electron chi connectivity index (χ3n) is 3.60. The van der Waals surface area contributed by atoms with Crippen LogP contribution in [0.1, 0.15) is 17.3 Å². The number of nitrogens with one attached hydrogen (secondary N) is 1. The maximum Gasteiger partial charge on any atom is 0.252 e. The van der Waals surface area contributed by atoms with Gasteiger partial charge in [-0.3, -0.25) is 4.79 Å². The van der Waals surface area contributed by atoms with Crippen LogP contribution in [0.5, 0.6) is 0 Å². The molecule has 4 heteroatoms. The van der Waals surface area contributed by atoms with E-state index in [0.29, 0.717) is 18.7 Å². The minimum atomic E-state index is -0.533. The normalized spacial score (nSPS) is 13.9. The first-order valence-electron chi connectivity index (χ1n) is 6.90. The molecule has 0 bridgehead atoms. The second-order valence-electron chi connectivity index (χ2n) is 5.30. The van der Waals surface area contributed by atoms with Crippen molar-refractivity contribution in [3.8, 4) is 0 Å². The summed E-state index contributed by atoms with van der Waals surface area (Å²) in [5.74, 6) is -0.105. The summed E-state index contributed by atoms with van der Waals surface area (Å²) in [7, 11) is 3.23. The number of rotatable bonds is 6. The summed E-state index contributed by atoms with van der Waals surface area (Å²) >= 11 is 0. The van der Waals surface area contributed by atoms with E-state index in [9.17, 15) is 4.79 Å². The van der Waals surface area contributed by atoms with E-state index in [1.165, 1.54) is 0 Å². The van der Waals surface area contributed by atoms with Gasteiger partial charge in [0.2, 0.25) is 0 Å². The van der Waals surface area contributed by atoms with Crippen LogP contribution in [0.2, 0.25) is 0 Å². The minimum absolute atomic E-state index is 0.105. The van der Waals surface area contributed by atoms with Crippen LogP contribution in [0.25, 0.3) is 10.8 Å². The summed E-state index contributed by atoms with van der Waals surface area (Å²) in [6.07, 6.45) is 0. The number of carbonyl (C=O) groups is 1. The Morgan fingerprint density at radius 3 is 2.57 bits per heavy atom. The molecule has 0 fully saturated rings. The Kier molecular flexibility index (Phi) is 4.94. The zero-order chi connectivity index (χ0) is 15.3. The van der Waals surface area contributed by atoms with Crippen molar-refractivity contribution in [1.29, 1.82) is 0 Å². The average Bonchev–Trinajstić information content (AvgIpc) is 2.52. The van der Waals surface area contributed by atoms with Crippen LogP contribution in [0.4, 0.5) is 0 Å². The number of fused-ring (bicyclic) bond motifs is 1. The number of hydrogen-bond acceptors (Lipinski definition) is 3. The summed E-state index contributed by atoms with van der Waals surface area (Å²) in [6.45, 7) is 2.71. The number of carbonyl (C=O) groups excluding carboxylic acids is 1. The third-order valence-corrected chi connectivity index (χ3v) is 3.60. The van der Waals surface area contributed by atoms with Gasteiger partial charge in [0.15, 0.2) is 0 Å². The summed E-state index contributed by atoms with van der Waals surface area (Å²) in [5.41, 5.74) is 0.138. The van der Waals surface area contributed by atoms with Crippen molar-refractivity contribution in [3.63, 3.8) is 0 Å². The van der Waals surface area contributed by atoms with Crippen molar-refractivity contribution in [2.75, 3.05) is 27.4 Å². The molecule has 0 aliphatic carbocycles. The Bertz CT molecular complexity index is 621. The molecule has 0 unspecified atom stereocenters. The van der Waals surface area contributed by atoms with Crippen LogP contribution in [0.15, 0.2) is 42.5 Å². The predicted octanol–water partition coefficient (Wildman–Crippen LogP) is 2.62. The van der Waals surface area contributed by atoms with Crippen LogP contribution >= 0.6 is 0 Å². The molecule has 0 aromatic heterocycles. The molecule has 0 aliphatic heterocycles. The predicted molar refractivity (Wildman–Crippen MR) is 83.6 cm³/mol. The van der Waals surface area contributed by atoms with E-state index in [-0.39, 0.29) is 5.91 Å². The van der Waals surface area contributed by atoms with Gasteiger partial charge >= 0.3 is 0 Å². The van der Waals surface area contributed by atoms with Gasteiger partial charge in [0.25, 0.3) is 5.91 Å². The van der Waals surface area contributed by atoms with Gasteiger partial charge in [-0.1, -0.05) is 36.4 Å². The molecule has 4 nitrogen and oxygen atoms in total. The molecule has 21 heavy (non-hydrogen) atoms. The van der Waals surface area contributed by atoms with E-state index in [0.717, 1.165) is 10.8 Å². The summed E-state index contributed by atoms with van der Waals surface area (Å²) < 4.78 is 10.5. The quantitative estimate of drug-likeness (QED) is 0.888. The van der Waals surface area contributed by atoms with Gasteiger partial charge in [0, 0.05) is 26.3 Å². The topological polar surface area (TPSA) is 47.6 Å². The van der Waals surface area contributed by atoms with Crippen molar-refractivity contribution in [1.82, 2.24) is 5.32 Å². The fraction of sp³-hybridized carbons (Fsp3) is 0.353. The van der Waals surface area contributed by atoms with Crippen LogP contribution < -0.4 is 5.32 Å². The second kappa shape index (κ2) is 6.70. The Morgan fingerprint density at radius 1 is 1.14 bits per heavy atom. The lowest BCUT2D eigenvalue weighted by Crippen LogP contribution is -2.45. The smallest absolute Gasteiger partial charge is 0.252 e. The highest BCUT2D eigenvalue weighted by Crippen LogP contribution is 2.18. The van der Waals surface area contributed by atoms with E-state index in [1.54, 1.807) is 14.2 Å². The number of amides is 1. The van der Waals surface area contributed by atoms with E-state index in [1.807, 2.05) is 49.4 Å². The second-order valence-corrected chi connectivity index (χ2v) is 5.30. The maximum absolute atomic E-state index is 12.4. The largest absolute Gasteiger partial charge is 0.382 e. The Hall–Kier alpha value is -1.91. The van der Waals surface area contributed by atoms with E-state index < -0.39 is 5.60 Å². The van der Waals surface area contributed by atoms with Crippen molar-refractivity contribution in [2.45, 2.75) is 12.5 Å². The molecule has 0 heterocycles. The van der Waals surface area contributed by atoms with Gasteiger partial charge in [-0.05, 0) is 23.8 Å². The highest BCUT2D eigenvalue weighted by atomic mass is 16.5. The van der Waals surface area contributed by atoms with E-state index >= 15 is 0 Å². The number of ether oxygens (including phenoxy) is 2. The monoisotopic (exact) mass is 287 g/mol. The minimum Gasteiger partial charge on any atom is -0.382 e. The van der Waals surface area contributed by atoms with Gasteiger partial charge in [-0.25, -0.2) is 0 Å². The molecule has 1 N–H and O–H groups in total. The fourth-order valence-electron chi connectivity index (χ4n) is 2.27. The van der Waals surface area contributed by atoms with Crippen LogP contribution in [-0.2, 0) is 9.47 Å². The molecule has 0 aliphatic rings. The third kappa shape index (κ3) is 3.60. The first-order valence-corrected chi connectivity index (χ1v) is 6.90. The van der Waals surface area contributed by atoms with Gasteiger partial charge in [0.1, 0.15) is 5.60 Å².